The zero-order valence-electron chi connectivity index (χ0n) is 6.00. The minimum atomic E-state index is -0.470. The fourth-order valence-corrected chi connectivity index (χ4v) is 1.12. The van der Waals surface area contributed by atoms with Crippen molar-refractivity contribution in [3.8, 4) is 0 Å². The van der Waals surface area contributed by atoms with E-state index >= 15 is 0 Å². The van der Waals surface area contributed by atoms with E-state index in [1.54, 1.807) is 22.6 Å². The van der Waals surface area contributed by atoms with Gasteiger partial charge in [0.05, 0.1) is 3.57 Å². The number of halogens is 3. The molecule has 0 aliphatic heterocycles. The predicted molar refractivity (Wildman–Crippen MR) is 48.5 cm³/mol. The molecule has 0 N–H and O–H groups in total. The van der Waals surface area contributed by atoms with Crippen LogP contribution in [-0.4, -0.2) is 0 Å². The lowest BCUT2D eigenvalue weighted by Gasteiger charge is -1.99. The van der Waals surface area contributed by atoms with Crippen molar-refractivity contribution in [3.63, 3.8) is 0 Å². The van der Waals surface area contributed by atoms with E-state index in [1.165, 1.54) is 12.1 Å². The van der Waals surface area contributed by atoms with Gasteiger partial charge in [-0.15, -0.1) is 0 Å². The average molecular weight is 268 g/mol. The Morgan fingerprint density at radius 3 is 2.09 bits per heavy atom. The second kappa shape index (κ2) is 3.47. The Morgan fingerprint density at radius 1 is 1.27 bits per heavy atom. The lowest BCUT2D eigenvalue weighted by atomic mass is 10.2. The summed E-state index contributed by atoms with van der Waals surface area (Å²) < 4.78 is 25.6. The lowest BCUT2D eigenvalue weighted by molar-refractivity contribution is 0.567. The molecular formula is C8H7F2I. The van der Waals surface area contributed by atoms with Crippen LogP contribution in [0, 0.1) is 15.2 Å². The number of aryl methyl sites for hydroxylation is 1. The highest BCUT2D eigenvalue weighted by atomic mass is 127. The van der Waals surface area contributed by atoms with Crippen LogP contribution in [0.2, 0.25) is 0 Å². The minimum absolute atomic E-state index is 0.0693. The Hall–Kier alpha value is -0.190. The smallest absolute Gasteiger partial charge is 0.139 e. The molecule has 0 atom stereocenters. The summed E-state index contributed by atoms with van der Waals surface area (Å²) in [5.41, 5.74) is 0.695. The molecule has 0 radical (unpaired) electrons. The van der Waals surface area contributed by atoms with Crippen LogP contribution in [0.3, 0.4) is 0 Å². The molecule has 0 spiro atoms. The van der Waals surface area contributed by atoms with Crippen molar-refractivity contribution >= 4 is 22.6 Å². The third kappa shape index (κ3) is 1.89. The largest absolute Gasteiger partial charge is 0.206 e. The van der Waals surface area contributed by atoms with Gasteiger partial charge in [-0.25, -0.2) is 8.78 Å². The summed E-state index contributed by atoms with van der Waals surface area (Å²) in [7, 11) is 0. The Morgan fingerprint density at radius 2 is 1.73 bits per heavy atom. The molecule has 0 aromatic heterocycles. The third-order valence-electron chi connectivity index (χ3n) is 1.45. The van der Waals surface area contributed by atoms with Crippen LogP contribution in [-0.2, 0) is 6.42 Å². The summed E-state index contributed by atoms with van der Waals surface area (Å²) >= 11 is 1.65. The van der Waals surface area contributed by atoms with Gasteiger partial charge in [-0.1, -0.05) is 6.92 Å². The van der Waals surface area contributed by atoms with E-state index in [4.69, 9.17) is 0 Å². The molecule has 0 fully saturated rings. The van der Waals surface area contributed by atoms with Gasteiger partial charge in [0.1, 0.15) is 11.6 Å². The van der Waals surface area contributed by atoms with E-state index in [0.29, 0.717) is 12.0 Å². The van der Waals surface area contributed by atoms with Crippen molar-refractivity contribution in [3.05, 3.63) is 32.9 Å². The minimum Gasteiger partial charge on any atom is -0.206 e. The molecule has 11 heavy (non-hydrogen) atoms. The molecule has 60 valence electrons. The highest BCUT2D eigenvalue weighted by Crippen LogP contribution is 2.17. The van der Waals surface area contributed by atoms with E-state index in [-0.39, 0.29) is 3.57 Å². The van der Waals surface area contributed by atoms with Gasteiger partial charge in [0, 0.05) is 0 Å². The number of rotatable bonds is 1. The van der Waals surface area contributed by atoms with E-state index < -0.39 is 11.6 Å². The average Bonchev–Trinajstić information content (AvgIpc) is 1.99. The topological polar surface area (TPSA) is 0 Å². The van der Waals surface area contributed by atoms with Gasteiger partial charge in [-0.3, -0.25) is 0 Å². The molecule has 1 aromatic rings. The summed E-state index contributed by atoms with van der Waals surface area (Å²) in [6.45, 7) is 1.86. The molecule has 0 nitrogen and oxygen atoms in total. The first-order valence-corrected chi connectivity index (χ1v) is 4.36. The van der Waals surface area contributed by atoms with E-state index in [9.17, 15) is 8.78 Å². The number of hydrogen-bond acceptors (Lipinski definition) is 0. The molecular weight excluding hydrogens is 261 g/mol. The van der Waals surface area contributed by atoms with Crippen molar-refractivity contribution in [1.82, 2.24) is 0 Å². The summed E-state index contributed by atoms with van der Waals surface area (Å²) in [6.07, 6.45) is 0.658. The lowest BCUT2D eigenvalue weighted by Crippen LogP contribution is -1.91. The van der Waals surface area contributed by atoms with Crippen LogP contribution in [0.5, 0.6) is 0 Å². The summed E-state index contributed by atoms with van der Waals surface area (Å²) in [5, 5.41) is 0. The monoisotopic (exact) mass is 268 g/mol. The van der Waals surface area contributed by atoms with Crippen molar-refractivity contribution in [2.75, 3.05) is 0 Å². The van der Waals surface area contributed by atoms with Crippen LogP contribution >= 0.6 is 22.6 Å². The zero-order chi connectivity index (χ0) is 8.43. The van der Waals surface area contributed by atoms with Crippen LogP contribution in [0.4, 0.5) is 8.78 Å². The van der Waals surface area contributed by atoms with Gasteiger partial charge < -0.3 is 0 Å². The van der Waals surface area contributed by atoms with Crippen LogP contribution in [0.25, 0.3) is 0 Å². The zero-order valence-corrected chi connectivity index (χ0v) is 8.15. The molecule has 3 heteroatoms. The van der Waals surface area contributed by atoms with Crippen molar-refractivity contribution in [2.24, 2.45) is 0 Å². The highest BCUT2D eigenvalue weighted by Gasteiger charge is 2.06. The van der Waals surface area contributed by atoms with Crippen molar-refractivity contribution in [2.45, 2.75) is 13.3 Å². The second-order valence-electron chi connectivity index (χ2n) is 2.23. The SMILES string of the molecule is CCc1cc(F)c(I)c(F)c1. The van der Waals surface area contributed by atoms with Crippen LogP contribution in [0.1, 0.15) is 12.5 Å². The summed E-state index contributed by atoms with van der Waals surface area (Å²) in [6, 6.07) is 2.73. The maximum absolute atomic E-state index is 12.8. The van der Waals surface area contributed by atoms with Gasteiger partial charge in [-0.2, -0.15) is 0 Å². The van der Waals surface area contributed by atoms with Gasteiger partial charge in [0.2, 0.25) is 0 Å². The van der Waals surface area contributed by atoms with Gasteiger partial charge in [-0.05, 0) is 46.7 Å². The van der Waals surface area contributed by atoms with Gasteiger partial charge in [0.15, 0.2) is 0 Å². The molecule has 0 amide bonds. The van der Waals surface area contributed by atoms with E-state index in [0.717, 1.165) is 0 Å². The quantitative estimate of drug-likeness (QED) is 0.542. The summed E-state index contributed by atoms with van der Waals surface area (Å²) in [4.78, 5) is 0. The Bertz CT molecular complexity index is 248. The Kier molecular flexibility index (Phi) is 2.81. The first kappa shape index (κ1) is 8.90. The molecule has 0 heterocycles. The normalized spacial score (nSPS) is 10.2. The molecule has 1 rings (SSSR count). The van der Waals surface area contributed by atoms with Crippen molar-refractivity contribution in [1.29, 1.82) is 0 Å². The molecule has 0 saturated carbocycles. The molecule has 0 saturated heterocycles. The molecule has 0 bridgehead atoms. The molecule has 0 unspecified atom stereocenters. The first-order valence-electron chi connectivity index (χ1n) is 3.28. The number of hydrogen-bond donors (Lipinski definition) is 0. The molecule has 0 aliphatic carbocycles. The van der Waals surface area contributed by atoms with Gasteiger partial charge >= 0.3 is 0 Å². The fourth-order valence-electron chi connectivity index (χ4n) is 0.812. The first-order chi connectivity index (χ1) is 5.15. The van der Waals surface area contributed by atoms with Crippen LogP contribution < -0.4 is 0 Å². The third-order valence-corrected chi connectivity index (χ3v) is 2.48. The Labute approximate surface area is 77.8 Å². The predicted octanol–water partition coefficient (Wildman–Crippen LogP) is 3.13. The highest BCUT2D eigenvalue weighted by molar-refractivity contribution is 14.1. The Balaban J connectivity index is 3.21. The fraction of sp³-hybridized carbons (Fsp3) is 0.250. The van der Waals surface area contributed by atoms with E-state index in [2.05, 4.69) is 0 Å². The summed E-state index contributed by atoms with van der Waals surface area (Å²) in [5.74, 6) is -0.940. The van der Waals surface area contributed by atoms with Crippen molar-refractivity contribution < 1.29 is 8.78 Å². The molecule has 1 aromatic carbocycles. The molecule has 0 aliphatic rings. The van der Waals surface area contributed by atoms with Gasteiger partial charge in [0.25, 0.3) is 0 Å². The van der Waals surface area contributed by atoms with E-state index in [1.807, 2.05) is 6.92 Å². The van der Waals surface area contributed by atoms with Crippen LogP contribution in [0.15, 0.2) is 12.1 Å². The second-order valence-corrected chi connectivity index (χ2v) is 3.31. The standard InChI is InChI=1S/C8H7F2I/c1-2-5-3-6(9)8(11)7(10)4-5/h3-4H,2H2,1H3. The maximum atomic E-state index is 12.8. The number of benzene rings is 1. The maximum Gasteiger partial charge on any atom is 0.139 e.